The lowest BCUT2D eigenvalue weighted by Gasteiger charge is -2.12. The maximum absolute atomic E-state index is 12.7. The van der Waals surface area contributed by atoms with E-state index < -0.39 is 28.5 Å². The molecule has 0 spiro atoms. The number of halogens is 1. The molecule has 2 aromatic carbocycles. The molecule has 4 rings (SSSR count). The number of carbonyl (C=O) groups is 3. The minimum Gasteiger partial charge on any atom is -0.457 e. The molecule has 1 N–H and O–H groups in total. The minimum absolute atomic E-state index is 0.0296. The third-order valence-electron chi connectivity index (χ3n) is 4.89. The Kier molecular flexibility index (Phi) is 6.66. The van der Waals surface area contributed by atoms with E-state index in [0.717, 1.165) is 9.37 Å². The number of furan rings is 1. The zero-order valence-corrected chi connectivity index (χ0v) is 20.0. The third kappa shape index (κ3) is 5.10. The number of benzene rings is 2. The zero-order chi connectivity index (χ0) is 24.4. The average Bonchev–Trinajstić information content (AvgIpc) is 3.36. The molecular weight excluding hydrogens is 526 g/mol. The van der Waals surface area contributed by atoms with Crippen LogP contribution >= 0.6 is 27.7 Å². The van der Waals surface area contributed by atoms with E-state index in [0.29, 0.717) is 40.1 Å². The Labute approximate surface area is 206 Å². The van der Waals surface area contributed by atoms with E-state index in [1.165, 1.54) is 12.1 Å². The minimum atomic E-state index is -0.607. The quantitative estimate of drug-likeness (QED) is 0.244. The van der Waals surface area contributed by atoms with Crippen LogP contribution in [0.25, 0.3) is 17.4 Å². The Morgan fingerprint density at radius 1 is 1.18 bits per heavy atom. The van der Waals surface area contributed by atoms with Gasteiger partial charge in [0.05, 0.1) is 9.83 Å². The lowest BCUT2D eigenvalue weighted by atomic mass is 10.1. The second kappa shape index (κ2) is 9.65. The molecule has 1 saturated heterocycles. The molecule has 0 aliphatic carbocycles. The number of carbonyl (C=O) groups excluding carboxylic acids is 3. The highest BCUT2D eigenvalue weighted by Gasteiger charge is 2.36. The largest absolute Gasteiger partial charge is 0.457 e. The van der Waals surface area contributed by atoms with E-state index in [1.807, 2.05) is 0 Å². The normalized spacial score (nSPS) is 14.6. The molecule has 34 heavy (non-hydrogen) atoms. The van der Waals surface area contributed by atoms with Crippen LogP contribution in [0, 0.1) is 17.0 Å². The van der Waals surface area contributed by atoms with E-state index in [4.69, 9.17) is 4.42 Å². The SMILES string of the molecule is Cc1ccc(-c2ccc(/C=C3/SC(=O)N(CC(=O)Nc4ccc(Br)cc4)C3=O)o2)cc1[N+](=O)[O-]. The fourth-order valence-corrected chi connectivity index (χ4v) is 4.27. The van der Waals surface area contributed by atoms with Crippen molar-refractivity contribution in [3.63, 3.8) is 0 Å². The van der Waals surface area contributed by atoms with Gasteiger partial charge in [0.25, 0.3) is 16.8 Å². The molecule has 11 heteroatoms. The molecule has 0 atom stereocenters. The van der Waals surface area contributed by atoms with Gasteiger partial charge in [0.15, 0.2) is 0 Å². The first-order valence-electron chi connectivity index (χ1n) is 9.87. The van der Waals surface area contributed by atoms with Gasteiger partial charge in [-0.25, -0.2) is 0 Å². The first kappa shape index (κ1) is 23.5. The molecule has 3 amide bonds. The molecular formula is C23H16BrN3O6S. The van der Waals surface area contributed by atoms with Gasteiger partial charge in [0.2, 0.25) is 5.91 Å². The van der Waals surface area contributed by atoms with Gasteiger partial charge in [0, 0.05) is 33.4 Å². The summed E-state index contributed by atoms with van der Waals surface area (Å²) in [5.74, 6) is -0.442. The van der Waals surface area contributed by atoms with Crippen LogP contribution in [0.5, 0.6) is 0 Å². The maximum Gasteiger partial charge on any atom is 0.294 e. The highest BCUT2D eigenvalue weighted by molar-refractivity contribution is 9.10. The summed E-state index contributed by atoms with van der Waals surface area (Å²) in [4.78, 5) is 49.0. The Morgan fingerprint density at radius 2 is 1.91 bits per heavy atom. The van der Waals surface area contributed by atoms with Crippen LogP contribution in [0.15, 0.2) is 68.4 Å². The lowest BCUT2D eigenvalue weighted by molar-refractivity contribution is -0.385. The fraction of sp³-hybridized carbons (Fsp3) is 0.0870. The highest BCUT2D eigenvalue weighted by Crippen LogP contribution is 2.34. The summed E-state index contributed by atoms with van der Waals surface area (Å²) in [6.45, 7) is 1.22. The zero-order valence-electron chi connectivity index (χ0n) is 17.6. The van der Waals surface area contributed by atoms with Gasteiger partial charge in [-0.1, -0.05) is 28.1 Å². The fourth-order valence-electron chi connectivity index (χ4n) is 3.19. The molecule has 9 nitrogen and oxygen atoms in total. The summed E-state index contributed by atoms with van der Waals surface area (Å²) in [5, 5.41) is 13.3. The van der Waals surface area contributed by atoms with Crippen molar-refractivity contribution in [2.24, 2.45) is 0 Å². The number of hydrogen-bond donors (Lipinski definition) is 1. The highest BCUT2D eigenvalue weighted by atomic mass is 79.9. The van der Waals surface area contributed by atoms with Crippen molar-refractivity contribution in [3.8, 4) is 11.3 Å². The van der Waals surface area contributed by atoms with Crippen LogP contribution in [-0.4, -0.2) is 33.4 Å². The van der Waals surface area contributed by atoms with Gasteiger partial charge in [-0.3, -0.25) is 29.4 Å². The van der Waals surface area contributed by atoms with Crippen LogP contribution in [0.2, 0.25) is 0 Å². The first-order valence-corrected chi connectivity index (χ1v) is 11.5. The van der Waals surface area contributed by atoms with E-state index in [1.54, 1.807) is 55.5 Å². The summed E-state index contributed by atoms with van der Waals surface area (Å²) < 4.78 is 6.57. The van der Waals surface area contributed by atoms with Gasteiger partial charge < -0.3 is 9.73 Å². The standard InChI is InChI=1S/C23H16BrN3O6S/c1-13-2-3-14(10-18(13)27(31)32)19-9-8-17(33-19)11-20-22(29)26(23(30)34-20)12-21(28)25-16-6-4-15(24)5-7-16/h2-11H,12H2,1H3,(H,25,28)/b20-11+. The van der Waals surface area contributed by atoms with Gasteiger partial charge in [0.1, 0.15) is 18.1 Å². The second-order valence-corrected chi connectivity index (χ2v) is 9.19. The molecule has 0 saturated carbocycles. The number of nitrogens with zero attached hydrogens (tertiary/aromatic N) is 2. The number of anilines is 1. The van der Waals surface area contributed by atoms with E-state index >= 15 is 0 Å². The first-order chi connectivity index (χ1) is 16.2. The van der Waals surface area contributed by atoms with Crippen molar-refractivity contribution in [1.82, 2.24) is 4.90 Å². The number of aryl methyl sites for hydroxylation is 1. The Morgan fingerprint density at radius 3 is 2.62 bits per heavy atom. The topological polar surface area (TPSA) is 123 Å². The van der Waals surface area contributed by atoms with Crippen molar-refractivity contribution >= 4 is 62.2 Å². The van der Waals surface area contributed by atoms with Crippen LogP contribution in [0.1, 0.15) is 11.3 Å². The number of rotatable bonds is 6. The number of thioether (sulfide) groups is 1. The monoisotopic (exact) mass is 541 g/mol. The summed E-state index contributed by atoms with van der Waals surface area (Å²) in [6, 6.07) is 14.8. The van der Waals surface area contributed by atoms with Crippen molar-refractivity contribution in [3.05, 3.63) is 85.4 Å². The summed E-state index contributed by atoms with van der Waals surface area (Å²) in [5.41, 5.74) is 1.54. The van der Waals surface area contributed by atoms with Crippen molar-refractivity contribution in [2.45, 2.75) is 6.92 Å². The van der Waals surface area contributed by atoms with Gasteiger partial charge in [-0.2, -0.15) is 0 Å². The molecule has 0 radical (unpaired) electrons. The Hall–Kier alpha value is -3.70. The van der Waals surface area contributed by atoms with E-state index in [2.05, 4.69) is 21.2 Å². The van der Waals surface area contributed by atoms with Gasteiger partial charge in [-0.05, 0) is 55.1 Å². The Balaban J connectivity index is 1.47. The van der Waals surface area contributed by atoms with Crippen LogP contribution in [-0.2, 0) is 9.59 Å². The number of nitro benzene ring substituents is 1. The summed E-state index contributed by atoms with van der Waals surface area (Å²) in [6.07, 6.45) is 1.41. The van der Waals surface area contributed by atoms with E-state index in [-0.39, 0.29) is 10.6 Å². The van der Waals surface area contributed by atoms with Gasteiger partial charge >= 0.3 is 0 Å². The molecule has 3 aromatic rings. The Bertz CT molecular complexity index is 1350. The van der Waals surface area contributed by atoms with Crippen molar-refractivity contribution in [1.29, 1.82) is 0 Å². The lowest BCUT2D eigenvalue weighted by Crippen LogP contribution is -2.36. The summed E-state index contributed by atoms with van der Waals surface area (Å²) in [7, 11) is 0. The number of hydrogen-bond acceptors (Lipinski definition) is 7. The predicted molar refractivity (Wildman–Crippen MR) is 131 cm³/mol. The molecule has 1 aromatic heterocycles. The van der Waals surface area contributed by atoms with Crippen LogP contribution in [0.4, 0.5) is 16.2 Å². The second-order valence-electron chi connectivity index (χ2n) is 7.28. The number of amides is 3. The molecule has 0 unspecified atom stereocenters. The molecule has 1 aliphatic heterocycles. The van der Waals surface area contributed by atoms with Crippen LogP contribution < -0.4 is 5.32 Å². The predicted octanol–water partition coefficient (Wildman–Crippen LogP) is 5.60. The van der Waals surface area contributed by atoms with Gasteiger partial charge in [-0.15, -0.1) is 0 Å². The molecule has 1 aliphatic rings. The van der Waals surface area contributed by atoms with E-state index in [9.17, 15) is 24.5 Å². The average molecular weight is 542 g/mol. The van der Waals surface area contributed by atoms with Crippen molar-refractivity contribution in [2.75, 3.05) is 11.9 Å². The van der Waals surface area contributed by atoms with Crippen LogP contribution in [0.3, 0.4) is 0 Å². The molecule has 172 valence electrons. The maximum atomic E-state index is 12.7. The number of imide groups is 1. The molecule has 1 fully saturated rings. The smallest absolute Gasteiger partial charge is 0.294 e. The number of nitrogens with one attached hydrogen (secondary N) is 1. The third-order valence-corrected chi connectivity index (χ3v) is 6.33. The number of nitro groups is 1. The van der Waals surface area contributed by atoms with Crippen molar-refractivity contribution < 1.29 is 23.7 Å². The molecule has 0 bridgehead atoms. The summed E-state index contributed by atoms with van der Waals surface area (Å²) >= 11 is 4.01. The molecule has 2 heterocycles.